The molecule has 0 radical (unpaired) electrons. The fraction of sp³-hybridized carbons (Fsp3) is 0.375. The quantitative estimate of drug-likeness (QED) is 0.672. The van der Waals surface area contributed by atoms with Crippen LogP contribution in [0.2, 0.25) is 0 Å². The van der Waals surface area contributed by atoms with Gasteiger partial charge in [-0.3, -0.25) is 0 Å². The predicted molar refractivity (Wildman–Crippen MR) is 52.6 cm³/mol. The molecule has 13 heavy (non-hydrogen) atoms. The minimum atomic E-state index is -2.56. The van der Waals surface area contributed by atoms with E-state index >= 15 is 0 Å². The zero-order chi connectivity index (χ0) is 10.0. The molecule has 0 aromatic carbocycles. The van der Waals surface area contributed by atoms with Crippen LogP contribution in [-0.2, 0) is 6.61 Å². The summed E-state index contributed by atoms with van der Waals surface area (Å²) in [6, 6.07) is 1.30. The van der Waals surface area contributed by atoms with E-state index in [9.17, 15) is 8.78 Å². The number of alkyl halides is 2. The fourth-order valence-corrected chi connectivity index (χ4v) is 1.78. The number of nitrogens with zero attached hydrogens (tertiary/aromatic N) is 1. The number of pyridine rings is 1. The molecular formula is C8H8F2INO. The summed E-state index contributed by atoms with van der Waals surface area (Å²) >= 11 is 1.87. The van der Waals surface area contributed by atoms with Crippen molar-refractivity contribution in [3.63, 3.8) is 0 Å². The van der Waals surface area contributed by atoms with E-state index in [1.807, 2.05) is 22.6 Å². The number of hydrogen-bond acceptors (Lipinski definition) is 2. The summed E-state index contributed by atoms with van der Waals surface area (Å²) in [7, 11) is 0. The van der Waals surface area contributed by atoms with Gasteiger partial charge in [0.2, 0.25) is 0 Å². The molecule has 0 fully saturated rings. The van der Waals surface area contributed by atoms with E-state index in [1.165, 1.54) is 6.07 Å². The second kappa shape index (κ2) is 4.28. The highest BCUT2D eigenvalue weighted by Crippen LogP contribution is 2.25. The standard InChI is InChI=1S/C8H8F2INO/c1-4-6(3-13)5(8(9)10)2-7(11)12-4/h2,8,13H,3H2,1H3. The maximum Gasteiger partial charge on any atom is 0.264 e. The Bertz CT molecular complexity index is 317. The molecule has 72 valence electrons. The lowest BCUT2D eigenvalue weighted by Crippen LogP contribution is -2.02. The number of hydrogen-bond donors (Lipinski definition) is 1. The van der Waals surface area contributed by atoms with Gasteiger partial charge in [-0.1, -0.05) is 0 Å². The SMILES string of the molecule is Cc1nc(I)cc(C(F)F)c1CO. The third kappa shape index (κ3) is 2.34. The van der Waals surface area contributed by atoms with E-state index in [1.54, 1.807) is 6.92 Å². The molecule has 0 atom stereocenters. The second-order valence-corrected chi connectivity index (χ2v) is 3.66. The van der Waals surface area contributed by atoms with E-state index < -0.39 is 13.0 Å². The Kier molecular flexibility index (Phi) is 3.55. The largest absolute Gasteiger partial charge is 0.392 e. The van der Waals surface area contributed by atoms with E-state index in [4.69, 9.17) is 5.11 Å². The molecule has 5 heteroatoms. The topological polar surface area (TPSA) is 33.1 Å². The molecule has 0 aliphatic carbocycles. The van der Waals surface area contributed by atoms with Crippen molar-refractivity contribution in [2.75, 3.05) is 0 Å². The van der Waals surface area contributed by atoms with Crippen LogP contribution in [0.15, 0.2) is 6.07 Å². The number of aromatic nitrogens is 1. The first-order chi connectivity index (χ1) is 6.06. The third-order valence-electron chi connectivity index (χ3n) is 1.73. The molecule has 0 spiro atoms. The molecular weight excluding hydrogens is 291 g/mol. The van der Waals surface area contributed by atoms with Gasteiger partial charge in [0, 0.05) is 16.8 Å². The predicted octanol–water partition coefficient (Wildman–Crippen LogP) is 2.42. The van der Waals surface area contributed by atoms with Crippen molar-refractivity contribution < 1.29 is 13.9 Å². The molecule has 0 saturated heterocycles. The van der Waals surface area contributed by atoms with Crippen LogP contribution in [-0.4, -0.2) is 10.1 Å². The number of aliphatic hydroxyl groups excluding tert-OH is 1. The van der Waals surface area contributed by atoms with Crippen LogP contribution in [0.1, 0.15) is 23.2 Å². The summed E-state index contributed by atoms with van der Waals surface area (Å²) < 4.78 is 25.4. The molecule has 0 amide bonds. The van der Waals surface area contributed by atoms with Gasteiger partial charge in [0.05, 0.1) is 6.61 Å². The van der Waals surface area contributed by atoms with E-state index in [0.29, 0.717) is 9.39 Å². The van der Waals surface area contributed by atoms with Gasteiger partial charge in [-0.2, -0.15) is 0 Å². The average molecular weight is 299 g/mol. The zero-order valence-electron chi connectivity index (χ0n) is 6.89. The van der Waals surface area contributed by atoms with Crippen molar-refractivity contribution in [2.24, 2.45) is 0 Å². The number of halogens is 3. The number of rotatable bonds is 2. The Morgan fingerprint density at radius 2 is 2.23 bits per heavy atom. The Balaban J connectivity index is 3.29. The summed E-state index contributed by atoms with van der Waals surface area (Å²) in [6.45, 7) is 1.22. The lowest BCUT2D eigenvalue weighted by molar-refractivity contribution is 0.146. The van der Waals surface area contributed by atoms with Crippen LogP contribution in [0.25, 0.3) is 0 Å². The van der Waals surface area contributed by atoms with Gasteiger partial charge >= 0.3 is 0 Å². The van der Waals surface area contributed by atoms with E-state index in [2.05, 4.69) is 4.98 Å². The maximum atomic E-state index is 12.4. The zero-order valence-corrected chi connectivity index (χ0v) is 9.05. The van der Waals surface area contributed by atoms with Crippen LogP contribution in [0, 0.1) is 10.6 Å². The average Bonchev–Trinajstić information content (AvgIpc) is 2.02. The lowest BCUT2D eigenvalue weighted by atomic mass is 10.1. The molecule has 0 saturated carbocycles. The second-order valence-electron chi connectivity index (χ2n) is 2.56. The first kappa shape index (κ1) is 10.8. The van der Waals surface area contributed by atoms with Gasteiger partial charge in [-0.15, -0.1) is 0 Å². The van der Waals surface area contributed by atoms with Crippen LogP contribution >= 0.6 is 22.6 Å². The highest BCUT2D eigenvalue weighted by Gasteiger charge is 2.15. The maximum absolute atomic E-state index is 12.4. The van der Waals surface area contributed by atoms with Crippen molar-refractivity contribution in [1.82, 2.24) is 4.98 Å². The van der Waals surface area contributed by atoms with Crippen molar-refractivity contribution in [3.05, 3.63) is 26.6 Å². The third-order valence-corrected chi connectivity index (χ3v) is 2.28. The molecule has 0 bridgehead atoms. The molecule has 1 heterocycles. The Labute approximate surface area is 88.1 Å². The summed E-state index contributed by atoms with van der Waals surface area (Å²) in [5, 5.41) is 8.86. The van der Waals surface area contributed by atoms with Gasteiger partial charge < -0.3 is 5.11 Å². The molecule has 0 aliphatic rings. The van der Waals surface area contributed by atoms with Crippen molar-refractivity contribution in [1.29, 1.82) is 0 Å². The molecule has 1 N–H and O–H groups in total. The van der Waals surface area contributed by atoms with Gasteiger partial charge in [0.25, 0.3) is 6.43 Å². The summed E-state index contributed by atoms with van der Waals surface area (Å²) in [4.78, 5) is 3.98. The van der Waals surface area contributed by atoms with Crippen LogP contribution in [0.3, 0.4) is 0 Å². The van der Waals surface area contributed by atoms with Crippen LogP contribution < -0.4 is 0 Å². The number of aryl methyl sites for hydroxylation is 1. The molecule has 1 aromatic rings. The summed E-state index contributed by atoms with van der Waals surface area (Å²) in [6.07, 6.45) is -2.56. The van der Waals surface area contributed by atoms with Crippen LogP contribution in [0.4, 0.5) is 8.78 Å². The molecule has 1 aromatic heterocycles. The summed E-state index contributed by atoms with van der Waals surface area (Å²) in [5.41, 5.74) is 0.569. The van der Waals surface area contributed by atoms with Gasteiger partial charge in [-0.05, 0) is 35.6 Å². The van der Waals surface area contributed by atoms with Gasteiger partial charge in [0.15, 0.2) is 0 Å². The smallest absolute Gasteiger partial charge is 0.264 e. The normalized spacial score (nSPS) is 10.9. The molecule has 1 rings (SSSR count). The Morgan fingerprint density at radius 1 is 1.62 bits per heavy atom. The number of aliphatic hydroxyl groups is 1. The molecule has 0 unspecified atom stereocenters. The van der Waals surface area contributed by atoms with Crippen molar-refractivity contribution >= 4 is 22.6 Å². The molecule has 0 aliphatic heterocycles. The Morgan fingerprint density at radius 3 is 2.69 bits per heavy atom. The highest BCUT2D eigenvalue weighted by atomic mass is 127. The first-order valence-corrected chi connectivity index (χ1v) is 4.69. The lowest BCUT2D eigenvalue weighted by Gasteiger charge is -2.09. The van der Waals surface area contributed by atoms with Gasteiger partial charge in [0.1, 0.15) is 3.70 Å². The summed E-state index contributed by atoms with van der Waals surface area (Å²) in [5.74, 6) is 0. The van der Waals surface area contributed by atoms with Crippen molar-refractivity contribution in [3.8, 4) is 0 Å². The van der Waals surface area contributed by atoms with Crippen LogP contribution in [0.5, 0.6) is 0 Å². The Hall–Kier alpha value is -0.300. The van der Waals surface area contributed by atoms with Crippen molar-refractivity contribution in [2.45, 2.75) is 20.0 Å². The van der Waals surface area contributed by atoms with E-state index in [-0.39, 0.29) is 11.1 Å². The fourth-order valence-electron chi connectivity index (χ4n) is 1.08. The molecule has 2 nitrogen and oxygen atoms in total. The van der Waals surface area contributed by atoms with Gasteiger partial charge in [-0.25, -0.2) is 13.8 Å². The van der Waals surface area contributed by atoms with E-state index in [0.717, 1.165) is 0 Å². The minimum Gasteiger partial charge on any atom is -0.392 e. The highest BCUT2D eigenvalue weighted by molar-refractivity contribution is 14.1. The first-order valence-electron chi connectivity index (χ1n) is 3.61. The minimum absolute atomic E-state index is 0.126. The monoisotopic (exact) mass is 299 g/mol.